The van der Waals surface area contributed by atoms with E-state index in [1.807, 2.05) is 62.5 Å². The third-order valence-corrected chi connectivity index (χ3v) is 5.39. The summed E-state index contributed by atoms with van der Waals surface area (Å²) in [5, 5.41) is 6.82. The molecule has 0 radical (unpaired) electrons. The molecule has 4 rings (SSSR count). The number of rotatable bonds is 9. The summed E-state index contributed by atoms with van der Waals surface area (Å²) in [6.07, 6.45) is 6.98. The summed E-state index contributed by atoms with van der Waals surface area (Å²) in [5.74, 6) is 3.56. The Bertz CT molecular complexity index is 1010. The molecule has 174 valence electrons. The SMILES string of the molecule is CC(C)Oc1ccc(NC(=NCc2ccnc(N3CCCC3)c2)NCCc2ccco2)cc1. The van der Waals surface area contributed by atoms with Gasteiger partial charge in [0.05, 0.1) is 18.9 Å². The number of hydrogen-bond donors (Lipinski definition) is 2. The highest BCUT2D eigenvalue weighted by molar-refractivity contribution is 5.93. The van der Waals surface area contributed by atoms with E-state index >= 15 is 0 Å². The van der Waals surface area contributed by atoms with E-state index < -0.39 is 0 Å². The molecule has 1 aromatic carbocycles. The number of nitrogens with zero attached hydrogens (tertiary/aromatic N) is 3. The maximum atomic E-state index is 5.75. The first-order valence-electron chi connectivity index (χ1n) is 11.7. The molecular weight excluding hydrogens is 414 g/mol. The molecule has 3 heterocycles. The highest BCUT2D eigenvalue weighted by Gasteiger charge is 2.13. The topological polar surface area (TPSA) is 74.9 Å². The Kier molecular flexibility index (Phi) is 7.85. The van der Waals surface area contributed by atoms with Crippen LogP contribution in [0.1, 0.15) is 38.0 Å². The van der Waals surface area contributed by atoms with Gasteiger partial charge in [-0.15, -0.1) is 0 Å². The van der Waals surface area contributed by atoms with E-state index in [-0.39, 0.29) is 6.10 Å². The maximum absolute atomic E-state index is 5.75. The Hall–Kier alpha value is -3.48. The van der Waals surface area contributed by atoms with Crippen molar-refractivity contribution in [3.8, 4) is 5.75 Å². The number of ether oxygens (including phenoxy) is 1. The second-order valence-corrected chi connectivity index (χ2v) is 8.45. The third kappa shape index (κ3) is 7.00. The molecule has 2 aromatic heterocycles. The Labute approximate surface area is 195 Å². The van der Waals surface area contributed by atoms with E-state index in [0.717, 1.165) is 54.0 Å². The fourth-order valence-corrected chi connectivity index (χ4v) is 3.77. The Morgan fingerprint density at radius 3 is 2.70 bits per heavy atom. The number of benzene rings is 1. The second-order valence-electron chi connectivity index (χ2n) is 8.45. The van der Waals surface area contributed by atoms with Crippen LogP contribution in [0, 0.1) is 0 Å². The predicted octanol–water partition coefficient (Wildman–Crippen LogP) is 4.86. The fourth-order valence-electron chi connectivity index (χ4n) is 3.77. The zero-order valence-corrected chi connectivity index (χ0v) is 19.5. The first-order valence-corrected chi connectivity index (χ1v) is 11.7. The molecule has 2 N–H and O–H groups in total. The minimum Gasteiger partial charge on any atom is -0.491 e. The molecule has 1 saturated heterocycles. The molecule has 0 saturated carbocycles. The quantitative estimate of drug-likeness (QED) is 0.360. The van der Waals surface area contributed by atoms with Crippen LogP contribution in [0.2, 0.25) is 0 Å². The van der Waals surface area contributed by atoms with E-state index in [1.165, 1.54) is 12.8 Å². The largest absolute Gasteiger partial charge is 0.491 e. The molecule has 0 aliphatic carbocycles. The average Bonchev–Trinajstić information content (AvgIpc) is 3.53. The number of furan rings is 1. The minimum absolute atomic E-state index is 0.148. The first-order chi connectivity index (χ1) is 16.2. The van der Waals surface area contributed by atoms with Gasteiger partial charge in [-0.3, -0.25) is 0 Å². The van der Waals surface area contributed by atoms with Crippen molar-refractivity contribution >= 4 is 17.5 Å². The van der Waals surface area contributed by atoms with Gasteiger partial charge in [-0.25, -0.2) is 9.98 Å². The van der Waals surface area contributed by atoms with Gasteiger partial charge in [0.25, 0.3) is 0 Å². The summed E-state index contributed by atoms with van der Waals surface area (Å²) >= 11 is 0. The molecule has 0 unspecified atom stereocenters. The Balaban J connectivity index is 1.43. The summed E-state index contributed by atoms with van der Waals surface area (Å²) in [4.78, 5) is 11.7. The van der Waals surface area contributed by atoms with Gasteiger partial charge in [0.15, 0.2) is 5.96 Å². The van der Waals surface area contributed by atoms with Gasteiger partial charge in [0.1, 0.15) is 17.3 Å². The maximum Gasteiger partial charge on any atom is 0.196 e. The van der Waals surface area contributed by atoms with Gasteiger partial charge >= 0.3 is 0 Å². The Morgan fingerprint density at radius 2 is 1.97 bits per heavy atom. The number of aliphatic imine (C=N–C) groups is 1. The average molecular weight is 448 g/mol. The van der Waals surface area contributed by atoms with Crippen LogP contribution in [-0.2, 0) is 13.0 Å². The predicted molar refractivity (Wildman–Crippen MR) is 133 cm³/mol. The van der Waals surface area contributed by atoms with Gasteiger partial charge < -0.3 is 24.7 Å². The molecule has 7 nitrogen and oxygen atoms in total. The van der Waals surface area contributed by atoms with Crippen molar-refractivity contribution in [3.05, 3.63) is 72.3 Å². The molecule has 1 aliphatic rings. The van der Waals surface area contributed by atoms with E-state index in [4.69, 9.17) is 14.1 Å². The van der Waals surface area contributed by atoms with Crippen LogP contribution >= 0.6 is 0 Å². The number of pyridine rings is 1. The monoisotopic (exact) mass is 447 g/mol. The lowest BCUT2D eigenvalue weighted by atomic mass is 10.2. The molecule has 0 bridgehead atoms. The van der Waals surface area contributed by atoms with Crippen LogP contribution in [-0.4, -0.2) is 36.7 Å². The first kappa shape index (κ1) is 22.7. The fraction of sp³-hybridized carbons (Fsp3) is 0.385. The molecule has 7 heteroatoms. The van der Waals surface area contributed by atoms with Crippen LogP contribution in [0.25, 0.3) is 0 Å². The number of anilines is 2. The number of guanidine groups is 1. The zero-order chi connectivity index (χ0) is 22.9. The minimum atomic E-state index is 0.148. The van der Waals surface area contributed by atoms with Gasteiger partial charge in [0.2, 0.25) is 0 Å². The van der Waals surface area contributed by atoms with Gasteiger partial charge in [-0.1, -0.05) is 0 Å². The number of hydrogen-bond acceptors (Lipinski definition) is 5. The van der Waals surface area contributed by atoms with E-state index in [2.05, 4.69) is 26.6 Å². The van der Waals surface area contributed by atoms with Crippen molar-refractivity contribution < 1.29 is 9.15 Å². The smallest absolute Gasteiger partial charge is 0.196 e. The molecular formula is C26H33N5O2. The van der Waals surface area contributed by atoms with Gasteiger partial charge in [-0.05, 0) is 80.8 Å². The Morgan fingerprint density at radius 1 is 1.15 bits per heavy atom. The summed E-state index contributed by atoms with van der Waals surface area (Å²) in [7, 11) is 0. The van der Waals surface area contributed by atoms with E-state index in [0.29, 0.717) is 13.1 Å². The molecule has 3 aromatic rings. The molecule has 33 heavy (non-hydrogen) atoms. The summed E-state index contributed by atoms with van der Waals surface area (Å²) in [5.41, 5.74) is 2.09. The van der Waals surface area contributed by atoms with Gasteiger partial charge in [-0.2, -0.15) is 0 Å². The van der Waals surface area contributed by atoms with E-state index in [1.54, 1.807) is 6.26 Å². The van der Waals surface area contributed by atoms with Crippen LogP contribution in [0.5, 0.6) is 5.75 Å². The zero-order valence-electron chi connectivity index (χ0n) is 19.5. The normalized spacial score (nSPS) is 14.0. The van der Waals surface area contributed by atoms with Crippen molar-refractivity contribution in [3.63, 3.8) is 0 Å². The van der Waals surface area contributed by atoms with Crippen LogP contribution in [0.3, 0.4) is 0 Å². The molecule has 0 atom stereocenters. The highest BCUT2D eigenvalue weighted by Crippen LogP contribution is 2.19. The van der Waals surface area contributed by atoms with Crippen LogP contribution < -0.4 is 20.3 Å². The highest BCUT2D eigenvalue weighted by atomic mass is 16.5. The van der Waals surface area contributed by atoms with Crippen molar-refractivity contribution in [1.29, 1.82) is 0 Å². The summed E-state index contributed by atoms with van der Waals surface area (Å²) in [6.45, 7) is 7.48. The lowest BCUT2D eigenvalue weighted by Gasteiger charge is -2.17. The second kappa shape index (κ2) is 11.4. The van der Waals surface area contributed by atoms with Gasteiger partial charge in [0, 0.05) is 37.9 Å². The molecule has 0 amide bonds. The summed E-state index contributed by atoms with van der Waals surface area (Å²) in [6, 6.07) is 16.0. The van der Waals surface area contributed by atoms with Crippen molar-refractivity contribution in [2.24, 2.45) is 4.99 Å². The lowest BCUT2D eigenvalue weighted by molar-refractivity contribution is 0.242. The third-order valence-electron chi connectivity index (χ3n) is 5.39. The van der Waals surface area contributed by atoms with Crippen molar-refractivity contribution in [1.82, 2.24) is 10.3 Å². The van der Waals surface area contributed by atoms with Crippen LogP contribution in [0.15, 0.2) is 70.4 Å². The lowest BCUT2D eigenvalue weighted by Crippen LogP contribution is -2.32. The van der Waals surface area contributed by atoms with Crippen molar-refractivity contribution in [2.45, 2.75) is 45.8 Å². The molecule has 1 fully saturated rings. The van der Waals surface area contributed by atoms with Crippen LogP contribution in [0.4, 0.5) is 11.5 Å². The molecule has 1 aliphatic heterocycles. The van der Waals surface area contributed by atoms with E-state index in [9.17, 15) is 0 Å². The molecule has 0 spiro atoms. The number of aromatic nitrogens is 1. The standard InChI is InChI=1S/C26H33N5O2/c1-20(2)33-24-9-7-22(8-10-24)30-26(28-14-12-23-6-5-17-32-23)29-19-21-11-13-27-25(18-21)31-15-3-4-16-31/h5-11,13,17-18,20H,3-4,12,14-16,19H2,1-2H3,(H2,28,29,30). The summed E-state index contributed by atoms with van der Waals surface area (Å²) < 4.78 is 11.2. The van der Waals surface area contributed by atoms with Crippen molar-refractivity contribution in [2.75, 3.05) is 29.9 Å². The number of nitrogens with one attached hydrogen (secondary N) is 2.